The van der Waals surface area contributed by atoms with Crippen LogP contribution in [0.3, 0.4) is 0 Å². The Balaban J connectivity index is 1.92. The van der Waals surface area contributed by atoms with Crippen LogP contribution in [0.4, 0.5) is 13.2 Å². The van der Waals surface area contributed by atoms with Gasteiger partial charge in [0.25, 0.3) is 5.91 Å². The number of nitrogens with one attached hydrogen (secondary N) is 1. The maximum absolute atomic E-state index is 13.1. The molecule has 1 aromatic carbocycles. The van der Waals surface area contributed by atoms with Gasteiger partial charge >= 0.3 is 12.1 Å². The minimum Gasteiger partial charge on any atom is -0.455 e. The van der Waals surface area contributed by atoms with Gasteiger partial charge in [-0.05, 0) is 43.4 Å². The number of benzene rings is 1. The van der Waals surface area contributed by atoms with E-state index in [1.807, 2.05) is 13.8 Å². The second kappa shape index (κ2) is 10.8. The first-order valence-electron chi connectivity index (χ1n) is 10.1. The molecule has 1 aliphatic heterocycles. The molecule has 1 saturated heterocycles. The maximum Gasteiger partial charge on any atom is 0.417 e. The predicted octanol–water partition coefficient (Wildman–Crippen LogP) is 3.47. The maximum atomic E-state index is 13.1. The lowest BCUT2D eigenvalue weighted by Gasteiger charge is -2.30. The van der Waals surface area contributed by atoms with Crippen LogP contribution in [0.15, 0.2) is 23.1 Å². The lowest BCUT2D eigenvalue weighted by Crippen LogP contribution is -2.41. The molecule has 0 atom stereocenters. The Morgan fingerprint density at radius 2 is 1.88 bits per heavy atom. The van der Waals surface area contributed by atoms with Gasteiger partial charge in [0, 0.05) is 19.6 Å². The molecule has 0 aromatic heterocycles. The summed E-state index contributed by atoms with van der Waals surface area (Å²) in [5.41, 5.74) is -1.23. The summed E-state index contributed by atoms with van der Waals surface area (Å²) in [4.78, 5) is 23.4. The third-order valence-electron chi connectivity index (χ3n) is 5.06. The zero-order valence-electron chi connectivity index (χ0n) is 17.7. The second-order valence-corrected chi connectivity index (χ2v) is 10.3. The summed E-state index contributed by atoms with van der Waals surface area (Å²) in [7, 11) is -4.20. The highest BCUT2D eigenvalue weighted by molar-refractivity contribution is 7.89. The van der Waals surface area contributed by atoms with Crippen molar-refractivity contribution in [2.75, 3.05) is 26.2 Å². The highest BCUT2D eigenvalue weighted by Gasteiger charge is 2.37. The van der Waals surface area contributed by atoms with Crippen LogP contribution in [0.5, 0.6) is 0 Å². The van der Waals surface area contributed by atoms with Crippen LogP contribution in [-0.2, 0) is 30.5 Å². The zero-order valence-corrected chi connectivity index (χ0v) is 19.3. The molecule has 7 nitrogen and oxygen atoms in total. The number of nitrogens with zero attached hydrogens (tertiary/aromatic N) is 1. The van der Waals surface area contributed by atoms with Crippen molar-refractivity contribution in [2.45, 2.75) is 44.2 Å². The number of sulfonamides is 1. The smallest absolute Gasteiger partial charge is 0.417 e. The number of hydrogen-bond donors (Lipinski definition) is 1. The van der Waals surface area contributed by atoms with Crippen LogP contribution in [0.25, 0.3) is 0 Å². The fraction of sp³-hybridized carbons (Fsp3) is 0.600. The van der Waals surface area contributed by atoms with Crippen molar-refractivity contribution in [1.82, 2.24) is 9.62 Å². The molecule has 0 bridgehead atoms. The van der Waals surface area contributed by atoms with Gasteiger partial charge in [0.2, 0.25) is 10.0 Å². The van der Waals surface area contributed by atoms with Gasteiger partial charge in [0.05, 0.1) is 21.4 Å². The number of ether oxygens (including phenoxy) is 1. The largest absolute Gasteiger partial charge is 0.455 e. The molecular weight excluding hydrogens is 473 g/mol. The number of alkyl halides is 3. The Hall–Kier alpha value is -1.85. The number of rotatable bonds is 8. The van der Waals surface area contributed by atoms with E-state index in [1.54, 1.807) is 0 Å². The topological polar surface area (TPSA) is 92.8 Å². The van der Waals surface area contributed by atoms with E-state index in [1.165, 1.54) is 0 Å². The number of piperidine rings is 1. The van der Waals surface area contributed by atoms with E-state index in [-0.39, 0.29) is 25.9 Å². The summed E-state index contributed by atoms with van der Waals surface area (Å²) in [6, 6.07) is 2.43. The molecule has 1 N–H and O–H groups in total. The van der Waals surface area contributed by atoms with Crippen molar-refractivity contribution in [3.63, 3.8) is 0 Å². The Morgan fingerprint density at radius 1 is 1.25 bits per heavy atom. The van der Waals surface area contributed by atoms with Crippen molar-refractivity contribution < 1.29 is 35.9 Å². The lowest BCUT2D eigenvalue weighted by molar-refractivity contribution is -0.153. The number of amides is 1. The van der Waals surface area contributed by atoms with Gasteiger partial charge in [0.15, 0.2) is 6.61 Å². The van der Waals surface area contributed by atoms with Crippen LogP contribution in [-0.4, -0.2) is 50.8 Å². The molecule has 0 spiro atoms. The highest BCUT2D eigenvalue weighted by atomic mass is 35.5. The van der Waals surface area contributed by atoms with Crippen molar-refractivity contribution in [2.24, 2.45) is 11.8 Å². The van der Waals surface area contributed by atoms with Crippen LogP contribution in [0, 0.1) is 11.8 Å². The standard InChI is InChI=1S/C20H26ClF3N2O5S/c1-13(2)5-8-25-18(27)12-31-19(28)14-6-9-26(10-7-14)32(29,30)15-3-4-17(21)16(11-15)20(22,23)24/h3-4,11,13-14H,5-10,12H2,1-2H3,(H,25,27). The van der Waals surface area contributed by atoms with Gasteiger partial charge in [-0.1, -0.05) is 25.4 Å². The molecule has 1 heterocycles. The molecule has 1 aliphatic rings. The van der Waals surface area contributed by atoms with Crippen LogP contribution >= 0.6 is 11.6 Å². The van der Waals surface area contributed by atoms with E-state index < -0.39 is 56.1 Å². The number of esters is 1. The molecule has 12 heteroatoms. The number of hydrogen-bond acceptors (Lipinski definition) is 5. The van der Waals surface area contributed by atoms with Crippen LogP contribution in [0.1, 0.15) is 38.7 Å². The molecule has 0 aliphatic carbocycles. The molecule has 0 radical (unpaired) electrons. The van der Waals surface area contributed by atoms with E-state index in [9.17, 15) is 31.2 Å². The van der Waals surface area contributed by atoms with Gasteiger partial charge in [0.1, 0.15) is 0 Å². The van der Waals surface area contributed by atoms with Gasteiger partial charge in [-0.25, -0.2) is 8.42 Å². The molecule has 0 unspecified atom stereocenters. The van der Waals surface area contributed by atoms with Gasteiger partial charge < -0.3 is 10.1 Å². The molecule has 32 heavy (non-hydrogen) atoms. The number of carbonyl (C=O) groups is 2. The monoisotopic (exact) mass is 498 g/mol. The Bertz CT molecular complexity index is 930. The highest BCUT2D eigenvalue weighted by Crippen LogP contribution is 2.36. The van der Waals surface area contributed by atoms with Gasteiger partial charge in [-0.3, -0.25) is 9.59 Å². The van der Waals surface area contributed by atoms with E-state index in [0.717, 1.165) is 22.9 Å². The van der Waals surface area contributed by atoms with E-state index in [4.69, 9.17) is 16.3 Å². The molecule has 0 saturated carbocycles. The van der Waals surface area contributed by atoms with E-state index in [0.29, 0.717) is 18.5 Å². The Morgan fingerprint density at radius 3 is 2.44 bits per heavy atom. The number of halogens is 4. The van der Waals surface area contributed by atoms with Crippen LogP contribution < -0.4 is 5.32 Å². The minimum atomic E-state index is -4.79. The normalized spacial score (nSPS) is 16.2. The third kappa shape index (κ3) is 7.08. The summed E-state index contributed by atoms with van der Waals surface area (Å²) in [5, 5.41) is 2.05. The fourth-order valence-electron chi connectivity index (χ4n) is 3.17. The third-order valence-corrected chi connectivity index (χ3v) is 7.28. The predicted molar refractivity (Wildman–Crippen MR) is 111 cm³/mol. The SMILES string of the molecule is CC(C)CCNC(=O)COC(=O)C1CCN(S(=O)(=O)c2ccc(Cl)c(C(F)(F)F)c2)CC1. The molecule has 1 aromatic rings. The van der Waals surface area contributed by atoms with Gasteiger partial charge in [-0.2, -0.15) is 17.5 Å². The second-order valence-electron chi connectivity index (χ2n) is 7.96. The zero-order chi connectivity index (χ0) is 24.1. The van der Waals surface area contributed by atoms with Gasteiger partial charge in [-0.15, -0.1) is 0 Å². The molecule has 180 valence electrons. The van der Waals surface area contributed by atoms with Crippen molar-refractivity contribution in [1.29, 1.82) is 0 Å². The molecule has 1 amide bonds. The van der Waals surface area contributed by atoms with Crippen molar-refractivity contribution >= 4 is 33.5 Å². The molecular formula is C20H26ClF3N2O5S. The van der Waals surface area contributed by atoms with E-state index >= 15 is 0 Å². The molecule has 1 fully saturated rings. The minimum absolute atomic E-state index is 0.0628. The van der Waals surface area contributed by atoms with Crippen molar-refractivity contribution in [3.8, 4) is 0 Å². The van der Waals surface area contributed by atoms with E-state index in [2.05, 4.69) is 5.32 Å². The summed E-state index contributed by atoms with van der Waals surface area (Å²) in [6.45, 7) is 3.96. The molecule has 2 rings (SSSR count). The summed E-state index contributed by atoms with van der Waals surface area (Å²) >= 11 is 5.56. The van der Waals surface area contributed by atoms with Crippen molar-refractivity contribution in [3.05, 3.63) is 28.8 Å². The quantitative estimate of drug-likeness (QED) is 0.554. The first-order chi connectivity index (χ1) is 14.8. The average molecular weight is 499 g/mol. The summed E-state index contributed by atoms with van der Waals surface area (Å²) < 4.78 is 70.7. The fourth-order valence-corrected chi connectivity index (χ4v) is 4.89. The number of carbonyl (C=O) groups excluding carboxylic acids is 2. The summed E-state index contributed by atoms with van der Waals surface area (Å²) in [6.07, 6.45) is -3.73. The first kappa shape index (κ1) is 26.4. The van der Waals surface area contributed by atoms with Crippen LogP contribution in [0.2, 0.25) is 5.02 Å². The average Bonchev–Trinajstić information content (AvgIpc) is 2.71. The lowest BCUT2D eigenvalue weighted by atomic mass is 9.98. The first-order valence-corrected chi connectivity index (χ1v) is 11.9. The Kier molecular flexibility index (Phi) is 8.95. The summed E-state index contributed by atoms with van der Waals surface area (Å²) in [5.74, 6) is -1.19. The Labute approximate surface area is 190 Å².